The number of hydrogen-bond donors (Lipinski definition) is 1. The molecule has 1 aliphatic carbocycles. The lowest BCUT2D eigenvalue weighted by Gasteiger charge is -2.14. The summed E-state index contributed by atoms with van der Waals surface area (Å²) in [5, 5.41) is 8.94. The van der Waals surface area contributed by atoms with Gasteiger partial charge in [0.05, 0.1) is 22.7 Å². The van der Waals surface area contributed by atoms with Crippen LogP contribution in [-0.2, 0) is 0 Å². The third kappa shape index (κ3) is 1.55. The largest absolute Gasteiger partial charge is 0.369 e. The Hall–Kier alpha value is -2.02. The Bertz CT molecular complexity index is 616. The molecule has 1 unspecified atom stereocenters. The van der Waals surface area contributed by atoms with Crippen molar-refractivity contribution in [2.24, 2.45) is 5.92 Å². The van der Waals surface area contributed by atoms with Crippen LogP contribution in [0.3, 0.4) is 0 Å². The molecule has 0 aliphatic heterocycles. The highest BCUT2D eigenvalue weighted by Gasteiger charge is 2.31. The second-order valence-corrected chi connectivity index (χ2v) is 4.73. The van der Waals surface area contributed by atoms with Crippen LogP contribution >= 0.6 is 0 Å². The van der Waals surface area contributed by atoms with Crippen molar-refractivity contribution in [3.8, 4) is 6.07 Å². The minimum atomic E-state index is 0.369. The molecule has 1 atom stereocenters. The summed E-state index contributed by atoms with van der Waals surface area (Å²) < 4.78 is 2.06. The molecule has 1 aromatic heterocycles. The Kier molecular flexibility index (Phi) is 2.08. The lowest BCUT2D eigenvalue weighted by Crippen LogP contribution is -2.10. The minimum absolute atomic E-state index is 0.369. The van der Waals surface area contributed by atoms with E-state index in [0.717, 1.165) is 11.0 Å². The van der Waals surface area contributed by atoms with E-state index in [1.165, 1.54) is 12.8 Å². The topological polar surface area (TPSA) is 67.6 Å². The zero-order chi connectivity index (χ0) is 12.0. The summed E-state index contributed by atoms with van der Waals surface area (Å²) in [5.41, 5.74) is 8.48. The van der Waals surface area contributed by atoms with Crippen molar-refractivity contribution in [1.82, 2.24) is 9.55 Å². The van der Waals surface area contributed by atoms with Crippen LogP contribution in [0.1, 0.15) is 31.4 Å². The number of rotatable bonds is 2. The maximum absolute atomic E-state index is 8.94. The number of hydrogen-bond acceptors (Lipinski definition) is 3. The number of aromatic nitrogens is 2. The van der Waals surface area contributed by atoms with E-state index < -0.39 is 0 Å². The van der Waals surface area contributed by atoms with Gasteiger partial charge in [0.25, 0.3) is 0 Å². The van der Waals surface area contributed by atoms with Gasteiger partial charge in [0, 0.05) is 6.04 Å². The Morgan fingerprint density at radius 1 is 1.53 bits per heavy atom. The maximum Gasteiger partial charge on any atom is 0.201 e. The summed E-state index contributed by atoms with van der Waals surface area (Å²) >= 11 is 0. The summed E-state index contributed by atoms with van der Waals surface area (Å²) in [6.07, 6.45) is 2.52. The van der Waals surface area contributed by atoms with Gasteiger partial charge in [0.1, 0.15) is 0 Å². The van der Waals surface area contributed by atoms with Crippen LogP contribution in [0.15, 0.2) is 18.2 Å². The Balaban J connectivity index is 2.21. The number of nitriles is 1. The molecule has 0 saturated heterocycles. The Morgan fingerprint density at radius 3 is 2.94 bits per heavy atom. The molecule has 1 heterocycles. The predicted molar refractivity (Wildman–Crippen MR) is 66.3 cm³/mol. The normalized spacial score (nSPS) is 16.9. The quantitative estimate of drug-likeness (QED) is 0.855. The summed E-state index contributed by atoms with van der Waals surface area (Å²) in [4.78, 5) is 4.35. The number of benzene rings is 1. The summed E-state index contributed by atoms with van der Waals surface area (Å²) in [7, 11) is 0. The average Bonchev–Trinajstić information content (AvgIpc) is 3.11. The third-order valence-corrected chi connectivity index (χ3v) is 3.56. The van der Waals surface area contributed by atoms with Gasteiger partial charge in [-0.05, 0) is 43.9 Å². The molecule has 3 rings (SSSR count). The van der Waals surface area contributed by atoms with Crippen LogP contribution in [0, 0.1) is 17.2 Å². The van der Waals surface area contributed by atoms with E-state index in [1.54, 1.807) is 6.07 Å². The van der Waals surface area contributed by atoms with Gasteiger partial charge >= 0.3 is 0 Å². The SMILES string of the molecule is CC(C1CC1)n1c(N)nc2ccc(C#N)cc21. The highest BCUT2D eigenvalue weighted by atomic mass is 15.2. The second kappa shape index (κ2) is 3.49. The van der Waals surface area contributed by atoms with Crippen LogP contribution in [0.4, 0.5) is 5.95 Å². The van der Waals surface area contributed by atoms with E-state index >= 15 is 0 Å². The second-order valence-electron chi connectivity index (χ2n) is 4.73. The first-order valence-corrected chi connectivity index (χ1v) is 5.88. The van der Waals surface area contributed by atoms with E-state index in [0.29, 0.717) is 23.5 Å². The van der Waals surface area contributed by atoms with Crippen molar-refractivity contribution in [2.45, 2.75) is 25.8 Å². The van der Waals surface area contributed by atoms with Gasteiger partial charge in [-0.1, -0.05) is 0 Å². The van der Waals surface area contributed by atoms with Crippen LogP contribution in [0.5, 0.6) is 0 Å². The van der Waals surface area contributed by atoms with Gasteiger partial charge in [-0.25, -0.2) is 4.98 Å². The molecule has 4 nitrogen and oxygen atoms in total. The van der Waals surface area contributed by atoms with E-state index in [2.05, 4.69) is 22.5 Å². The summed E-state index contributed by atoms with van der Waals surface area (Å²) in [6.45, 7) is 2.17. The van der Waals surface area contributed by atoms with E-state index in [9.17, 15) is 0 Å². The van der Waals surface area contributed by atoms with Crippen molar-refractivity contribution in [1.29, 1.82) is 5.26 Å². The number of nitrogens with two attached hydrogens (primary N) is 1. The first-order chi connectivity index (χ1) is 8.20. The molecule has 0 amide bonds. The van der Waals surface area contributed by atoms with Crippen molar-refractivity contribution in [3.05, 3.63) is 23.8 Å². The predicted octanol–water partition coefficient (Wildman–Crippen LogP) is 2.46. The zero-order valence-electron chi connectivity index (χ0n) is 9.72. The number of fused-ring (bicyclic) bond motifs is 1. The van der Waals surface area contributed by atoms with Gasteiger partial charge in [0.2, 0.25) is 5.95 Å². The highest BCUT2D eigenvalue weighted by Crippen LogP contribution is 2.41. The van der Waals surface area contributed by atoms with Gasteiger partial charge in [-0.15, -0.1) is 0 Å². The summed E-state index contributed by atoms with van der Waals surface area (Å²) in [5.74, 6) is 1.26. The number of imidazole rings is 1. The number of nitrogens with zero attached hydrogens (tertiary/aromatic N) is 3. The molecule has 2 aromatic rings. The van der Waals surface area contributed by atoms with Gasteiger partial charge < -0.3 is 10.3 Å². The van der Waals surface area contributed by atoms with Crippen molar-refractivity contribution < 1.29 is 0 Å². The minimum Gasteiger partial charge on any atom is -0.369 e. The highest BCUT2D eigenvalue weighted by molar-refractivity contribution is 5.80. The first kappa shape index (κ1) is 10.2. The molecule has 0 spiro atoms. The number of nitrogen functional groups attached to an aromatic ring is 1. The molecule has 17 heavy (non-hydrogen) atoms. The Morgan fingerprint density at radius 2 is 2.29 bits per heavy atom. The first-order valence-electron chi connectivity index (χ1n) is 5.88. The van der Waals surface area contributed by atoms with Gasteiger partial charge in [-0.3, -0.25) is 0 Å². The average molecular weight is 226 g/mol. The molecular weight excluding hydrogens is 212 g/mol. The molecule has 4 heteroatoms. The number of anilines is 1. The van der Waals surface area contributed by atoms with Crippen molar-refractivity contribution in [2.75, 3.05) is 5.73 Å². The molecule has 1 saturated carbocycles. The van der Waals surface area contributed by atoms with Gasteiger partial charge in [0.15, 0.2) is 0 Å². The maximum atomic E-state index is 8.94. The smallest absolute Gasteiger partial charge is 0.201 e. The molecular formula is C13H14N4. The van der Waals surface area contributed by atoms with Crippen molar-refractivity contribution in [3.63, 3.8) is 0 Å². The lowest BCUT2D eigenvalue weighted by molar-refractivity contribution is 0.504. The van der Waals surface area contributed by atoms with Crippen LogP contribution < -0.4 is 5.73 Å². The fourth-order valence-corrected chi connectivity index (χ4v) is 2.40. The van der Waals surface area contributed by atoms with Crippen LogP contribution in [-0.4, -0.2) is 9.55 Å². The van der Waals surface area contributed by atoms with E-state index in [-0.39, 0.29) is 0 Å². The molecule has 0 bridgehead atoms. The fourth-order valence-electron chi connectivity index (χ4n) is 2.40. The standard InChI is InChI=1S/C13H14N4/c1-8(10-3-4-10)17-12-6-9(7-14)2-5-11(12)16-13(17)15/h2,5-6,8,10H,3-4H2,1H3,(H2,15,16). The fraction of sp³-hybridized carbons (Fsp3) is 0.385. The monoisotopic (exact) mass is 226 g/mol. The molecule has 1 aromatic carbocycles. The molecule has 2 N–H and O–H groups in total. The van der Waals surface area contributed by atoms with Crippen LogP contribution in [0.2, 0.25) is 0 Å². The third-order valence-electron chi connectivity index (χ3n) is 3.56. The van der Waals surface area contributed by atoms with E-state index in [1.807, 2.05) is 12.1 Å². The molecule has 86 valence electrons. The zero-order valence-corrected chi connectivity index (χ0v) is 9.72. The molecule has 1 fully saturated rings. The van der Waals surface area contributed by atoms with Gasteiger partial charge in [-0.2, -0.15) is 5.26 Å². The van der Waals surface area contributed by atoms with Crippen LogP contribution in [0.25, 0.3) is 11.0 Å². The Labute approximate surface area is 99.7 Å². The summed E-state index contributed by atoms with van der Waals surface area (Å²) in [6, 6.07) is 8.04. The molecule has 0 radical (unpaired) electrons. The van der Waals surface area contributed by atoms with E-state index in [4.69, 9.17) is 11.0 Å². The lowest BCUT2D eigenvalue weighted by atomic mass is 10.2. The van der Waals surface area contributed by atoms with Crippen molar-refractivity contribution >= 4 is 17.0 Å². The molecule has 1 aliphatic rings.